The molecule has 1 rings (SSSR count). The van der Waals surface area contributed by atoms with Crippen molar-refractivity contribution in [2.45, 2.75) is 33.2 Å². The molecule has 0 aromatic heterocycles. The van der Waals surface area contributed by atoms with E-state index < -0.39 is 5.97 Å². The Bertz CT molecular complexity index is 509. The summed E-state index contributed by atoms with van der Waals surface area (Å²) in [5.41, 5.74) is 1.42. The van der Waals surface area contributed by atoms with Crippen molar-refractivity contribution in [3.05, 3.63) is 35.9 Å². The second kappa shape index (κ2) is 8.09. The first-order chi connectivity index (χ1) is 9.92. The summed E-state index contributed by atoms with van der Waals surface area (Å²) in [6.45, 7) is 6.16. The molecular weight excluding hydrogens is 268 g/mol. The molecule has 5 heteroatoms. The monoisotopic (exact) mass is 290 g/mol. The topological polar surface area (TPSA) is 78.4 Å². The van der Waals surface area contributed by atoms with E-state index in [1.165, 1.54) is 6.08 Å². The Morgan fingerprint density at radius 1 is 1.24 bits per heavy atom. The van der Waals surface area contributed by atoms with Gasteiger partial charge in [-0.2, -0.15) is 0 Å². The van der Waals surface area contributed by atoms with E-state index in [0.717, 1.165) is 18.1 Å². The summed E-state index contributed by atoms with van der Waals surface area (Å²) < 4.78 is 0. The van der Waals surface area contributed by atoms with Gasteiger partial charge in [-0.3, -0.25) is 0 Å². The molecule has 0 aliphatic rings. The molecule has 0 saturated carbocycles. The highest BCUT2D eigenvalue weighted by Crippen LogP contribution is 2.11. The quantitative estimate of drug-likeness (QED) is 0.703. The highest BCUT2D eigenvalue weighted by molar-refractivity contribution is 5.89. The Hall–Kier alpha value is -2.30. The van der Waals surface area contributed by atoms with Crippen molar-refractivity contribution >= 4 is 23.8 Å². The standard InChI is InChI=1S/C16H22N2O3/c1-4-11(2)12(3)17-16(21)18-14-8-5-13(6-9-14)7-10-15(19)20/h5-12H,4H2,1-3H3,(H,19,20)(H2,17,18,21). The zero-order chi connectivity index (χ0) is 15.8. The lowest BCUT2D eigenvalue weighted by molar-refractivity contribution is -0.131. The molecular formula is C16H22N2O3. The van der Waals surface area contributed by atoms with Gasteiger partial charge in [0.15, 0.2) is 0 Å². The molecule has 3 N–H and O–H groups in total. The minimum absolute atomic E-state index is 0.104. The van der Waals surface area contributed by atoms with Gasteiger partial charge in [0.05, 0.1) is 0 Å². The predicted octanol–water partition coefficient (Wildman–Crippen LogP) is 3.34. The van der Waals surface area contributed by atoms with Crippen molar-refractivity contribution in [3.63, 3.8) is 0 Å². The van der Waals surface area contributed by atoms with Crippen LogP contribution in [0.15, 0.2) is 30.3 Å². The molecule has 2 unspecified atom stereocenters. The first-order valence-electron chi connectivity index (χ1n) is 7.01. The summed E-state index contributed by atoms with van der Waals surface area (Å²) in [4.78, 5) is 22.2. The van der Waals surface area contributed by atoms with Gasteiger partial charge in [0.1, 0.15) is 0 Å². The maximum absolute atomic E-state index is 11.8. The van der Waals surface area contributed by atoms with Crippen molar-refractivity contribution in [1.82, 2.24) is 5.32 Å². The number of hydrogen-bond donors (Lipinski definition) is 3. The normalized spacial score (nSPS) is 13.7. The summed E-state index contributed by atoms with van der Waals surface area (Å²) >= 11 is 0. The number of rotatable bonds is 6. The summed E-state index contributed by atoms with van der Waals surface area (Å²) in [6.07, 6.45) is 3.58. The minimum atomic E-state index is -0.990. The molecule has 0 saturated heterocycles. The zero-order valence-electron chi connectivity index (χ0n) is 12.6. The third-order valence-corrected chi connectivity index (χ3v) is 3.44. The molecule has 0 radical (unpaired) electrons. The van der Waals surface area contributed by atoms with E-state index in [0.29, 0.717) is 11.6 Å². The highest BCUT2D eigenvalue weighted by Gasteiger charge is 2.12. The van der Waals surface area contributed by atoms with Gasteiger partial charge in [0, 0.05) is 17.8 Å². The van der Waals surface area contributed by atoms with Crippen LogP contribution in [-0.2, 0) is 4.79 Å². The van der Waals surface area contributed by atoms with Crippen LogP contribution >= 0.6 is 0 Å². The molecule has 0 fully saturated rings. The molecule has 0 spiro atoms. The van der Waals surface area contributed by atoms with Crippen LogP contribution in [-0.4, -0.2) is 23.1 Å². The fourth-order valence-electron chi connectivity index (χ4n) is 1.71. The van der Waals surface area contributed by atoms with Crippen LogP contribution in [0.4, 0.5) is 10.5 Å². The van der Waals surface area contributed by atoms with Crippen molar-refractivity contribution in [2.75, 3.05) is 5.32 Å². The average Bonchev–Trinajstić information content (AvgIpc) is 2.45. The summed E-state index contributed by atoms with van der Waals surface area (Å²) in [6, 6.07) is 6.81. The third-order valence-electron chi connectivity index (χ3n) is 3.44. The Kier molecular flexibility index (Phi) is 6.46. The van der Waals surface area contributed by atoms with Gasteiger partial charge in [-0.1, -0.05) is 32.4 Å². The van der Waals surface area contributed by atoms with Crippen molar-refractivity contribution in [2.24, 2.45) is 5.92 Å². The van der Waals surface area contributed by atoms with Gasteiger partial charge in [0.25, 0.3) is 0 Å². The van der Waals surface area contributed by atoms with Gasteiger partial charge >= 0.3 is 12.0 Å². The van der Waals surface area contributed by atoms with Crippen LogP contribution in [0.25, 0.3) is 6.08 Å². The van der Waals surface area contributed by atoms with Crippen LogP contribution in [0.5, 0.6) is 0 Å². The van der Waals surface area contributed by atoms with Crippen molar-refractivity contribution in [1.29, 1.82) is 0 Å². The van der Waals surface area contributed by atoms with E-state index in [-0.39, 0.29) is 12.1 Å². The number of aliphatic carboxylic acids is 1. The Labute approximate surface area is 125 Å². The van der Waals surface area contributed by atoms with E-state index in [4.69, 9.17) is 5.11 Å². The van der Waals surface area contributed by atoms with Gasteiger partial charge in [-0.05, 0) is 36.6 Å². The summed E-state index contributed by atoms with van der Waals surface area (Å²) in [5, 5.41) is 14.2. The van der Waals surface area contributed by atoms with Crippen LogP contribution in [0.3, 0.4) is 0 Å². The minimum Gasteiger partial charge on any atom is -0.478 e. The van der Waals surface area contributed by atoms with Crippen LogP contribution in [0.1, 0.15) is 32.8 Å². The fraction of sp³-hybridized carbons (Fsp3) is 0.375. The van der Waals surface area contributed by atoms with Gasteiger partial charge < -0.3 is 15.7 Å². The number of amides is 2. The molecule has 21 heavy (non-hydrogen) atoms. The van der Waals surface area contributed by atoms with E-state index in [2.05, 4.69) is 24.5 Å². The maximum Gasteiger partial charge on any atom is 0.328 e. The van der Waals surface area contributed by atoms with Crippen LogP contribution < -0.4 is 10.6 Å². The van der Waals surface area contributed by atoms with Gasteiger partial charge in [0.2, 0.25) is 0 Å². The number of carboxylic acid groups (broad SMARTS) is 1. The van der Waals surface area contributed by atoms with E-state index in [9.17, 15) is 9.59 Å². The highest BCUT2D eigenvalue weighted by atomic mass is 16.4. The Morgan fingerprint density at radius 2 is 1.86 bits per heavy atom. The molecule has 0 bridgehead atoms. The third kappa shape index (κ3) is 6.12. The number of nitrogens with one attached hydrogen (secondary N) is 2. The fourth-order valence-corrected chi connectivity index (χ4v) is 1.71. The molecule has 0 aliphatic carbocycles. The summed E-state index contributed by atoms with van der Waals surface area (Å²) in [5.74, 6) is -0.574. The lowest BCUT2D eigenvalue weighted by atomic mass is 10.0. The molecule has 2 amide bonds. The molecule has 0 heterocycles. The van der Waals surface area contributed by atoms with Crippen LogP contribution in [0.2, 0.25) is 0 Å². The lowest BCUT2D eigenvalue weighted by Crippen LogP contribution is -2.39. The second-order valence-corrected chi connectivity index (χ2v) is 5.07. The lowest BCUT2D eigenvalue weighted by Gasteiger charge is -2.20. The number of urea groups is 1. The predicted molar refractivity (Wildman–Crippen MR) is 84.2 cm³/mol. The number of hydrogen-bond acceptors (Lipinski definition) is 2. The maximum atomic E-state index is 11.8. The first kappa shape index (κ1) is 16.8. The molecule has 2 atom stereocenters. The van der Waals surface area contributed by atoms with E-state index >= 15 is 0 Å². The van der Waals surface area contributed by atoms with Gasteiger partial charge in [-0.25, -0.2) is 9.59 Å². The van der Waals surface area contributed by atoms with E-state index in [1.54, 1.807) is 24.3 Å². The number of anilines is 1. The number of carboxylic acids is 1. The van der Waals surface area contributed by atoms with Crippen molar-refractivity contribution in [3.8, 4) is 0 Å². The first-order valence-corrected chi connectivity index (χ1v) is 7.01. The largest absolute Gasteiger partial charge is 0.478 e. The Balaban J connectivity index is 2.55. The van der Waals surface area contributed by atoms with Crippen molar-refractivity contribution < 1.29 is 14.7 Å². The molecule has 5 nitrogen and oxygen atoms in total. The number of carbonyl (C=O) groups is 2. The smallest absolute Gasteiger partial charge is 0.328 e. The van der Waals surface area contributed by atoms with E-state index in [1.807, 2.05) is 6.92 Å². The van der Waals surface area contributed by atoms with Crippen LogP contribution in [0, 0.1) is 5.92 Å². The zero-order valence-corrected chi connectivity index (χ0v) is 12.6. The SMILES string of the molecule is CCC(C)C(C)NC(=O)Nc1ccc(C=CC(=O)O)cc1. The molecule has 0 aliphatic heterocycles. The average molecular weight is 290 g/mol. The Morgan fingerprint density at radius 3 is 2.38 bits per heavy atom. The number of benzene rings is 1. The summed E-state index contributed by atoms with van der Waals surface area (Å²) in [7, 11) is 0. The molecule has 1 aromatic rings. The number of carbonyl (C=O) groups excluding carboxylic acids is 1. The molecule has 1 aromatic carbocycles. The second-order valence-electron chi connectivity index (χ2n) is 5.07. The van der Waals surface area contributed by atoms with Gasteiger partial charge in [-0.15, -0.1) is 0 Å². The molecule has 114 valence electrons.